The SMILES string of the molecule is COC(=O)c1ccc(CN2C(=O)CN(c3ccccc3)C2=O)cc1. The lowest BCUT2D eigenvalue weighted by atomic mass is 10.1. The van der Waals surface area contributed by atoms with Crippen LogP contribution in [0.3, 0.4) is 0 Å². The van der Waals surface area contributed by atoms with E-state index in [2.05, 4.69) is 4.74 Å². The molecule has 1 fully saturated rings. The number of urea groups is 1. The van der Waals surface area contributed by atoms with Crippen molar-refractivity contribution in [2.45, 2.75) is 6.54 Å². The van der Waals surface area contributed by atoms with Gasteiger partial charge in [-0.3, -0.25) is 14.6 Å². The van der Waals surface area contributed by atoms with E-state index >= 15 is 0 Å². The molecular weight excluding hydrogens is 308 g/mol. The predicted molar refractivity (Wildman–Crippen MR) is 87.5 cm³/mol. The fourth-order valence-electron chi connectivity index (χ4n) is 2.55. The molecule has 0 atom stereocenters. The van der Waals surface area contributed by atoms with Gasteiger partial charge in [-0.1, -0.05) is 30.3 Å². The van der Waals surface area contributed by atoms with Gasteiger partial charge in [-0.2, -0.15) is 0 Å². The number of para-hydroxylation sites is 1. The maximum absolute atomic E-state index is 12.5. The minimum Gasteiger partial charge on any atom is -0.465 e. The van der Waals surface area contributed by atoms with Gasteiger partial charge in [0.05, 0.1) is 19.2 Å². The highest BCUT2D eigenvalue weighted by Gasteiger charge is 2.36. The van der Waals surface area contributed by atoms with Gasteiger partial charge in [-0.05, 0) is 29.8 Å². The standard InChI is InChI=1S/C18H16N2O4/c1-24-17(22)14-9-7-13(8-10-14)11-20-16(21)12-19(18(20)23)15-5-3-2-4-6-15/h2-10H,11-12H2,1H3. The first-order chi connectivity index (χ1) is 11.6. The lowest BCUT2D eigenvalue weighted by Gasteiger charge is -2.17. The van der Waals surface area contributed by atoms with Gasteiger partial charge in [-0.15, -0.1) is 0 Å². The van der Waals surface area contributed by atoms with E-state index in [1.807, 2.05) is 18.2 Å². The van der Waals surface area contributed by atoms with Gasteiger partial charge in [0.25, 0.3) is 5.91 Å². The van der Waals surface area contributed by atoms with Gasteiger partial charge in [0, 0.05) is 5.69 Å². The summed E-state index contributed by atoms with van der Waals surface area (Å²) in [6, 6.07) is 15.4. The lowest BCUT2D eigenvalue weighted by molar-refractivity contribution is -0.125. The number of hydrogen-bond donors (Lipinski definition) is 0. The van der Waals surface area contributed by atoms with Crippen molar-refractivity contribution < 1.29 is 19.1 Å². The van der Waals surface area contributed by atoms with Crippen molar-refractivity contribution in [1.82, 2.24) is 4.90 Å². The number of imide groups is 1. The van der Waals surface area contributed by atoms with Gasteiger partial charge in [-0.25, -0.2) is 9.59 Å². The van der Waals surface area contributed by atoms with Crippen LogP contribution in [0.2, 0.25) is 0 Å². The van der Waals surface area contributed by atoms with E-state index in [4.69, 9.17) is 0 Å². The Hall–Kier alpha value is -3.15. The van der Waals surface area contributed by atoms with Crippen molar-refractivity contribution in [1.29, 1.82) is 0 Å². The average Bonchev–Trinajstić information content (AvgIpc) is 2.90. The van der Waals surface area contributed by atoms with Crippen LogP contribution in [0, 0.1) is 0 Å². The van der Waals surface area contributed by atoms with Crippen molar-refractivity contribution in [2.75, 3.05) is 18.6 Å². The molecule has 0 bridgehead atoms. The molecule has 1 aliphatic heterocycles. The number of rotatable bonds is 4. The highest BCUT2D eigenvalue weighted by Crippen LogP contribution is 2.22. The molecule has 0 unspecified atom stereocenters. The summed E-state index contributed by atoms with van der Waals surface area (Å²) < 4.78 is 4.64. The van der Waals surface area contributed by atoms with Crippen LogP contribution in [-0.4, -0.2) is 36.5 Å². The van der Waals surface area contributed by atoms with E-state index in [1.54, 1.807) is 36.4 Å². The molecule has 24 heavy (non-hydrogen) atoms. The minimum absolute atomic E-state index is 0.0308. The molecule has 2 aromatic carbocycles. The third-order valence-corrected chi connectivity index (χ3v) is 3.84. The van der Waals surface area contributed by atoms with E-state index in [-0.39, 0.29) is 25.0 Å². The maximum atomic E-state index is 12.5. The molecule has 0 aliphatic carbocycles. The van der Waals surface area contributed by atoms with Gasteiger partial charge < -0.3 is 4.74 Å². The molecule has 1 saturated heterocycles. The number of nitrogens with zero attached hydrogens (tertiary/aromatic N) is 2. The van der Waals surface area contributed by atoms with Crippen molar-refractivity contribution in [3.05, 3.63) is 65.7 Å². The maximum Gasteiger partial charge on any atom is 0.337 e. The highest BCUT2D eigenvalue weighted by molar-refractivity contribution is 6.12. The fourth-order valence-corrected chi connectivity index (χ4v) is 2.55. The van der Waals surface area contributed by atoms with E-state index in [9.17, 15) is 14.4 Å². The Balaban J connectivity index is 1.74. The first-order valence-electron chi connectivity index (χ1n) is 7.44. The predicted octanol–water partition coefficient (Wildman–Crippen LogP) is 2.44. The number of methoxy groups -OCH3 is 1. The van der Waals surface area contributed by atoms with Crippen LogP contribution in [0.5, 0.6) is 0 Å². The Morgan fingerprint density at radius 1 is 1.04 bits per heavy atom. The normalized spacial score (nSPS) is 14.2. The summed E-state index contributed by atoms with van der Waals surface area (Å²) in [5.41, 5.74) is 1.88. The van der Waals surface area contributed by atoms with Crippen LogP contribution >= 0.6 is 0 Å². The van der Waals surface area contributed by atoms with Crippen LogP contribution in [-0.2, 0) is 16.1 Å². The third kappa shape index (κ3) is 2.99. The summed E-state index contributed by atoms with van der Waals surface area (Å²) >= 11 is 0. The van der Waals surface area contributed by atoms with Crippen molar-refractivity contribution in [3.63, 3.8) is 0 Å². The lowest BCUT2D eigenvalue weighted by Crippen LogP contribution is -2.32. The Morgan fingerprint density at radius 3 is 2.33 bits per heavy atom. The van der Waals surface area contributed by atoms with Crippen molar-refractivity contribution in [3.8, 4) is 0 Å². The summed E-state index contributed by atoms with van der Waals surface area (Å²) in [5, 5.41) is 0. The molecule has 0 radical (unpaired) electrons. The van der Waals surface area contributed by atoms with Crippen LogP contribution < -0.4 is 4.90 Å². The second kappa shape index (κ2) is 6.54. The number of hydrogen-bond acceptors (Lipinski definition) is 4. The van der Waals surface area contributed by atoms with Gasteiger partial charge in [0.1, 0.15) is 6.54 Å². The summed E-state index contributed by atoms with van der Waals surface area (Å²) in [6.45, 7) is 0.200. The summed E-state index contributed by atoms with van der Waals surface area (Å²) in [7, 11) is 1.32. The minimum atomic E-state index is -0.426. The molecule has 6 heteroatoms. The van der Waals surface area contributed by atoms with Gasteiger partial charge in [0.2, 0.25) is 0 Å². The Bertz CT molecular complexity index is 771. The van der Waals surface area contributed by atoms with Crippen molar-refractivity contribution in [2.24, 2.45) is 0 Å². The monoisotopic (exact) mass is 324 g/mol. The zero-order valence-electron chi connectivity index (χ0n) is 13.1. The first-order valence-corrected chi connectivity index (χ1v) is 7.44. The average molecular weight is 324 g/mol. The Morgan fingerprint density at radius 2 is 1.71 bits per heavy atom. The van der Waals surface area contributed by atoms with Crippen LogP contribution in [0.15, 0.2) is 54.6 Å². The summed E-state index contributed by atoms with van der Waals surface area (Å²) in [6.07, 6.45) is 0. The Labute approximate surface area is 139 Å². The molecule has 3 rings (SSSR count). The molecule has 0 saturated carbocycles. The molecule has 1 heterocycles. The Kier molecular flexibility index (Phi) is 4.29. The highest BCUT2D eigenvalue weighted by atomic mass is 16.5. The summed E-state index contributed by atoms with van der Waals surface area (Å²) in [4.78, 5) is 38.8. The van der Waals surface area contributed by atoms with Crippen LogP contribution in [0.25, 0.3) is 0 Å². The quantitative estimate of drug-likeness (QED) is 0.640. The van der Waals surface area contributed by atoms with Crippen LogP contribution in [0.4, 0.5) is 10.5 Å². The van der Waals surface area contributed by atoms with Crippen molar-refractivity contribution >= 4 is 23.6 Å². The third-order valence-electron chi connectivity index (χ3n) is 3.84. The van der Waals surface area contributed by atoms with Crippen LogP contribution in [0.1, 0.15) is 15.9 Å². The molecule has 0 spiro atoms. The number of carbonyl (C=O) groups excluding carboxylic acids is 3. The zero-order valence-corrected chi connectivity index (χ0v) is 13.1. The number of carbonyl (C=O) groups is 3. The molecule has 0 aromatic heterocycles. The fraction of sp³-hybridized carbons (Fsp3) is 0.167. The van der Waals surface area contributed by atoms with E-state index in [0.717, 1.165) is 5.56 Å². The molecule has 3 amide bonds. The topological polar surface area (TPSA) is 66.9 Å². The smallest absolute Gasteiger partial charge is 0.337 e. The molecule has 0 N–H and O–H groups in total. The van der Waals surface area contributed by atoms with E-state index < -0.39 is 5.97 Å². The molecule has 6 nitrogen and oxygen atoms in total. The number of esters is 1. The number of ether oxygens (including phenoxy) is 1. The molecule has 2 aromatic rings. The first kappa shape index (κ1) is 15.7. The van der Waals surface area contributed by atoms with Gasteiger partial charge in [0.15, 0.2) is 0 Å². The largest absolute Gasteiger partial charge is 0.465 e. The number of amides is 3. The second-order valence-electron chi connectivity index (χ2n) is 5.37. The number of anilines is 1. The second-order valence-corrected chi connectivity index (χ2v) is 5.37. The van der Waals surface area contributed by atoms with Gasteiger partial charge >= 0.3 is 12.0 Å². The van der Waals surface area contributed by atoms with E-state index in [1.165, 1.54) is 16.9 Å². The number of benzene rings is 2. The molecule has 1 aliphatic rings. The molecule has 122 valence electrons. The van der Waals surface area contributed by atoms with E-state index in [0.29, 0.717) is 11.3 Å². The zero-order chi connectivity index (χ0) is 17.1. The molecular formula is C18H16N2O4. The summed E-state index contributed by atoms with van der Waals surface area (Å²) in [5.74, 6) is -0.675.